The number of carbonyl (C=O) groups excluding carboxylic acids is 1. The number of nitrogens with zero attached hydrogens (tertiary/aromatic N) is 2. The Morgan fingerprint density at radius 2 is 2.05 bits per heavy atom. The van der Waals surface area contributed by atoms with Gasteiger partial charge in [0.2, 0.25) is 0 Å². The second-order valence-corrected chi connectivity index (χ2v) is 4.06. The first-order valence-corrected chi connectivity index (χ1v) is 5.86. The van der Waals surface area contributed by atoms with E-state index in [1.807, 2.05) is 5.48 Å². The van der Waals surface area contributed by atoms with Crippen LogP contribution in [0.1, 0.15) is 21.7 Å². The highest BCUT2D eigenvalue weighted by Crippen LogP contribution is 2.28. The summed E-state index contributed by atoms with van der Waals surface area (Å²) in [4.78, 5) is 30.7. The van der Waals surface area contributed by atoms with Crippen molar-refractivity contribution in [3.63, 3.8) is 0 Å². The van der Waals surface area contributed by atoms with Crippen molar-refractivity contribution < 1.29 is 22.8 Å². The molecule has 0 saturated carbocycles. The summed E-state index contributed by atoms with van der Waals surface area (Å²) in [5, 5.41) is 5.54. The lowest BCUT2D eigenvalue weighted by Crippen LogP contribution is -2.26. The lowest BCUT2D eigenvalue weighted by Gasteiger charge is -2.07. The highest BCUT2D eigenvalue weighted by molar-refractivity contribution is 5.91. The number of aromatic nitrogens is 3. The Labute approximate surface area is 121 Å². The number of nitrogens with one attached hydrogen (secondary N) is 2. The zero-order chi connectivity index (χ0) is 16.2. The van der Waals surface area contributed by atoms with Crippen LogP contribution in [0.15, 0.2) is 35.3 Å². The van der Waals surface area contributed by atoms with E-state index in [4.69, 9.17) is 4.84 Å². The van der Waals surface area contributed by atoms with E-state index in [0.717, 1.165) is 18.2 Å². The van der Waals surface area contributed by atoms with Gasteiger partial charge in [-0.3, -0.25) is 19.4 Å². The molecule has 0 unspecified atom stereocenters. The second-order valence-electron chi connectivity index (χ2n) is 4.06. The first kappa shape index (κ1) is 15.6. The normalized spacial score (nSPS) is 11.2. The van der Waals surface area contributed by atoms with Crippen LogP contribution in [-0.2, 0) is 17.6 Å². The number of pyridine rings is 1. The number of H-pyrrole nitrogens is 1. The summed E-state index contributed by atoms with van der Waals surface area (Å²) < 4.78 is 37.0. The first-order valence-electron chi connectivity index (χ1n) is 5.86. The molecular formula is C12H9F3N4O3. The number of rotatable bonds is 4. The van der Waals surface area contributed by atoms with Crippen LogP contribution in [-0.4, -0.2) is 21.1 Å². The van der Waals surface area contributed by atoms with E-state index in [2.05, 4.69) is 15.2 Å². The van der Waals surface area contributed by atoms with Crippen molar-refractivity contribution in [2.24, 2.45) is 0 Å². The van der Waals surface area contributed by atoms with Crippen LogP contribution in [0.3, 0.4) is 0 Å². The minimum Gasteiger partial charge on any atom is -0.268 e. The molecule has 7 nitrogen and oxygen atoms in total. The van der Waals surface area contributed by atoms with Crippen molar-refractivity contribution in [1.29, 1.82) is 0 Å². The van der Waals surface area contributed by atoms with E-state index in [-0.39, 0.29) is 18.0 Å². The molecule has 10 heteroatoms. The summed E-state index contributed by atoms with van der Waals surface area (Å²) in [6.45, 7) is -0.229. The minimum atomic E-state index is -4.46. The number of amides is 1. The molecule has 116 valence electrons. The summed E-state index contributed by atoms with van der Waals surface area (Å²) in [5.74, 6) is -0.719. The highest BCUT2D eigenvalue weighted by atomic mass is 19.4. The number of hydrogen-bond donors (Lipinski definition) is 2. The molecule has 0 saturated heterocycles. The van der Waals surface area contributed by atoms with E-state index < -0.39 is 23.2 Å². The molecular weight excluding hydrogens is 305 g/mol. The van der Waals surface area contributed by atoms with Crippen molar-refractivity contribution in [2.75, 3.05) is 0 Å². The second kappa shape index (κ2) is 6.35. The van der Waals surface area contributed by atoms with E-state index in [0.29, 0.717) is 6.20 Å². The maximum atomic E-state index is 12.3. The lowest BCUT2D eigenvalue weighted by atomic mass is 10.2. The summed E-state index contributed by atoms with van der Waals surface area (Å²) in [5.41, 5.74) is 0.796. The van der Waals surface area contributed by atoms with Gasteiger partial charge in [-0.1, -0.05) is 0 Å². The van der Waals surface area contributed by atoms with Gasteiger partial charge in [-0.05, 0) is 18.2 Å². The molecule has 22 heavy (non-hydrogen) atoms. The standard InChI is InChI=1S/C12H9F3N4O3/c13-12(14,15)7-1-2-8(16-5-7)6-22-19-11(21)9-3-4-10(20)18-17-9/h1-5H,6H2,(H,18,20)(H,19,21). The number of carbonyl (C=O) groups is 1. The Balaban J connectivity index is 1.87. The molecule has 0 fully saturated rings. The van der Waals surface area contributed by atoms with Gasteiger partial charge in [0, 0.05) is 12.3 Å². The molecule has 0 atom stereocenters. The number of aromatic amines is 1. The Hall–Kier alpha value is -2.75. The van der Waals surface area contributed by atoms with Gasteiger partial charge in [-0.2, -0.15) is 18.3 Å². The number of hydrogen-bond acceptors (Lipinski definition) is 5. The molecule has 0 bridgehead atoms. The molecule has 0 aliphatic heterocycles. The van der Waals surface area contributed by atoms with Crippen molar-refractivity contribution >= 4 is 5.91 Å². The van der Waals surface area contributed by atoms with E-state index >= 15 is 0 Å². The van der Waals surface area contributed by atoms with Crippen LogP contribution >= 0.6 is 0 Å². The largest absolute Gasteiger partial charge is 0.417 e. The lowest BCUT2D eigenvalue weighted by molar-refractivity contribution is -0.137. The third-order valence-corrected chi connectivity index (χ3v) is 2.45. The zero-order valence-electron chi connectivity index (χ0n) is 10.8. The summed E-state index contributed by atoms with van der Waals surface area (Å²) in [6.07, 6.45) is -3.79. The van der Waals surface area contributed by atoms with Gasteiger partial charge in [0.25, 0.3) is 11.5 Å². The third-order valence-electron chi connectivity index (χ3n) is 2.45. The van der Waals surface area contributed by atoms with Gasteiger partial charge in [0.1, 0.15) is 6.61 Å². The van der Waals surface area contributed by atoms with Gasteiger partial charge >= 0.3 is 6.18 Å². The topological polar surface area (TPSA) is 97.0 Å². The fourth-order valence-corrected chi connectivity index (χ4v) is 1.38. The van der Waals surface area contributed by atoms with E-state index in [1.165, 1.54) is 6.07 Å². The van der Waals surface area contributed by atoms with Crippen LogP contribution in [0.25, 0.3) is 0 Å². The molecule has 0 aliphatic rings. The quantitative estimate of drug-likeness (QED) is 0.822. The molecule has 0 aliphatic carbocycles. The smallest absolute Gasteiger partial charge is 0.268 e. The average molecular weight is 314 g/mol. The average Bonchev–Trinajstić information content (AvgIpc) is 2.47. The monoisotopic (exact) mass is 314 g/mol. The molecule has 2 aromatic rings. The number of alkyl halides is 3. The molecule has 2 rings (SSSR count). The van der Waals surface area contributed by atoms with Crippen molar-refractivity contribution in [2.45, 2.75) is 12.8 Å². The zero-order valence-corrected chi connectivity index (χ0v) is 10.8. The Morgan fingerprint density at radius 3 is 2.59 bits per heavy atom. The third kappa shape index (κ3) is 4.12. The molecule has 2 heterocycles. The van der Waals surface area contributed by atoms with Crippen LogP contribution in [0, 0.1) is 0 Å². The van der Waals surface area contributed by atoms with E-state index in [9.17, 15) is 22.8 Å². The minimum absolute atomic E-state index is 0.0834. The maximum Gasteiger partial charge on any atom is 0.417 e. The van der Waals surface area contributed by atoms with Gasteiger partial charge < -0.3 is 0 Å². The van der Waals surface area contributed by atoms with Crippen LogP contribution in [0.5, 0.6) is 0 Å². The molecule has 1 amide bonds. The predicted octanol–water partition coefficient (Wildman–Crippen LogP) is 1.05. The SMILES string of the molecule is O=C(NOCc1ccc(C(F)(F)F)cn1)c1ccc(=O)[nH]n1. The Morgan fingerprint density at radius 1 is 1.27 bits per heavy atom. The molecule has 0 aromatic carbocycles. The van der Waals surface area contributed by atoms with Gasteiger partial charge in [-0.25, -0.2) is 10.6 Å². The molecule has 2 aromatic heterocycles. The molecule has 2 N–H and O–H groups in total. The Bertz CT molecular complexity index is 692. The summed E-state index contributed by atoms with van der Waals surface area (Å²) in [6, 6.07) is 4.29. The van der Waals surface area contributed by atoms with E-state index in [1.54, 1.807) is 0 Å². The van der Waals surface area contributed by atoms with Gasteiger partial charge in [0.05, 0.1) is 11.3 Å². The van der Waals surface area contributed by atoms with Crippen molar-refractivity contribution in [3.05, 3.63) is 57.8 Å². The van der Waals surface area contributed by atoms with Crippen LogP contribution in [0.4, 0.5) is 13.2 Å². The fourth-order valence-electron chi connectivity index (χ4n) is 1.38. The van der Waals surface area contributed by atoms with Crippen LogP contribution < -0.4 is 11.0 Å². The Kier molecular flexibility index (Phi) is 4.51. The number of hydroxylamine groups is 1. The number of halogens is 3. The van der Waals surface area contributed by atoms with Crippen LogP contribution in [0.2, 0.25) is 0 Å². The summed E-state index contributed by atoms with van der Waals surface area (Å²) >= 11 is 0. The maximum absolute atomic E-state index is 12.3. The van der Waals surface area contributed by atoms with Crippen molar-refractivity contribution in [1.82, 2.24) is 20.7 Å². The van der Waals surface area contributed by atoms with Crippen molar-refractivity contribution in [3.8, 4) is 0 Å². The molecule has 0 radical (unpaired) electrons. The first-order chi connectivity index (χ1) is 10.4. The fraction of sp³-hybridized carbons (Fsp3) is 0.167. The highest BCUT2D eigenvalue weighted by Gasteiger charge is 2.30. The molecule has 0 spiro atoms. The predicted molar refractivity (Wildman–Crippen MR) is 66.4 cm³/mol. The summed E-state index contributed by atoms with van der Waals surface area (Å²) in [7, 11) is 0. The van der Waals surface area contributed by atoms with Gasteiger partial charge in [-0.15, -0.1) is 0 Å². The van der Waals surface area contributed by atoms with Gasteiger partial charge in [0.15, 0.2) is 5.69 Å².